The van der Waals surface area contributed by atoms with Crippen molar-refractivity contribution in [3.8, 4) is 0 Å². The zero-order valence-electron chi connectivity index (χ0n) is 12.6. The summed E-state index contributed by atoms with van der Waals surface area (Å²) in [7, 11) is 0. The van der Waals surface area contributed by atoms with Crippen LogP contribution in [0.25, 0.3) is 0 Å². The van der Waals surface area contributed by atoms with Gasteiger partial charge in [-0.3, -0.25) is 9.59 Å². The lowest BCUT2D eigenvalue weighted by Crippen LogP contribution is -2.41. The molecule has 0 saturated carbocycles. The van der Waals surface area contributed by atoms with Crippen LogP contribution in [-0.4, -0.2) is 36.6 Å². The molecule has 0 bridgehead atoms. The predicted molar refractivity (Wildman–Crippen MR) is 77.2 cm³/mol. The molecular formula is C15H20F2N2O3. The summed E-state index contributed by atoms with van der Waals surface area (Å²) in [5.41, 5.74) is -0.318. The van der Waals surface area contributed by atoms with Crippen molar-refractivity contribution < 1.29 is 23.5 Å². The Kier molecular flexibility index (Phi) is 6.42. The second-order valence-electron chi connectivity index (χ2n) is 5.73. The maximum Gasteiger partial charge on any atom is 0.251 e. The van der Waals surface area contributed by atoms with Crippen LogP contribution in [0.4, 0.5) is 8.78 Å². The molecule has 3 N–H and O–H groups in total. The Morgan fingerprint density at radius 2 is 1.86 bits per heavy atom. The number of halogens is 2. The summed E-state index contributed by atoms with van der Waals surface area (Å²) < 4.78 is 25.8. The molecule has 2 amide bonds. The highest BCUT2D eigenvalue weighted by molar-refractivity contribution is 5.96. The number of carbonyl (C=O) groups excluding carboxylic acids is 2. The van der Waals surface area contributed by atoms with Crippen LogP contribution >= 0.6 is 0 Å². The Hall–Kier alpha value is -2.02. The molecule has 0 atom stereocenters. The van der Waals surface area contributed by atoms with Crippen molar-refractivity contribution in [2.45, 2.75) is 20.3 Å². The molecule has 122 valence electrons. The third-order valence-electron chi connectivity index (χ3n) is 3.14. The van der Waals surface area contributed by atoms with Gasteiger partial charge in [-0.05, 0) is 30.0 Å². The highest BCUT2D eigenvalue weighted by atomic mass is 19.2. The average molecular weight is 314 g/mol. The molecule has 22 heavy (non-hydrogen) atoms. The number of nitrogens with one attached hydrogen (secondary N) is 2. The molecule has 0 aliphatic rings. The normalized spacial score (nSPS) is 11.1. The third-order valence-corrected chi connectivity index (χ3v) is 3.14. The molecule has 0 heterocycles. The fraction of sp³-hybridized carbons (Fsp3) is 0.467. The first-order valence-corrected chi connectivity index (χ1v) is 6.86. The van der Waals surface area contributed by atoms with Crippen LogP contribution in [0.15, 0.2) is 18.2 Å². The number of hydrogen-bond donors (Lipinski definition) is 3. The molecule has 7 heteroatoms. The number of benzene rings is 1. The van der Waals surface area contributed by atoms with E-state index in [1.165, 1.54) is 0 Å². The monoisotopic (exact) mass is 314 g/mol. The molecule has 0 unspecified atom stereocenters. The first kappa shape index (κ1) is 18.0. The molecule has 0 fully saturated rings. The lowest BCUT2D eigenvalue weighted by atomic mass is 9.90. The van der Waals surface area contributed by atoms with Gasteiger partial charge in [-0.1, -0.05) is 13.8 Å². The first-order chi connectivity index (χ1) is 10.2. The molecule has 1 aromatic carbocycles. The second kappa shape index (κ2) is 7.84. The van der Waals surface area contributed by atoms with Gasteiger partial charge in [0.2, 0.25) is 5.91 Å². The summed E-state index contributed by atoms with van der Waals surface area (Å²) in [5, 5.41) is 13.8. The summed E-state index contributed by atoms with van der Waals surface area (Å²) in [6.07, 6.45) is 0.536. The first-order valence-electron chi connectivity index (χ1n) is 6.86. The van der Waals surface area contributed by atoms with Crippen LogP contribution in [0, 0.1) is 17.0 Å². The molecule has 5 nitrogen and oxygen atoms in total. The topological polar surface area (TPSA) is 78.4 Å². The van der Waals surface area contributed by atoms with Crippen molar-refractivity contribution in [2.75, 3.05) is 19.7 Å². The van der Waals surface area contributed by atoms with Gasteiger partial charge in [0.25, 0.3) is 5.91 Å². The average Bonchev–Trinajstić information content (AvgIpc) is 2.45. The number of hydrogen-bond acceptors (Lipinski definition) is 3. The molecular weight excluding hydrogens is 294 g/mol. The van der Waals surface area contributed by atoms with Crippen LogP contribution < -0.4 is 10.6 Å². The van der Waals surface area contributed by atoms with Gasteiger partial charge >= 0.3 is 0 Å². The Labute approximate surface area is 127 Å². The Bertz CT molecular complexity index is 548. The van der Waals surface area contributed by atoms with E-state index in [2.05, 4.69) is 10.6 Å². The van der Waals surface area contributed by atoms with E-state index in [9.17, 15) is 18.4 Å². The van der Waals surface area contributed by atoms with Gasteiger partial charge in [-0.15, -0.1) is 0 Å². The molecule has 0 aliphatic heterocycles. The van der Waals surface area contributed by atoms with Crippen molar-refractivity contribution in [3.05, 3.63) is 35.4 Å². The van der Waals surface area contributed by atoms with E-state index in [0.29, 0.717) is 13.0 Å². The number of aliphatic hydroxyl groups is 1. The summed E-state index contributed by atoms with van der Waals surface area (Å²) in [6, 6.07) is 2.75. The van der Waals surface area contributed by atoms with E-state index in [0.717, 1.165) is 18.2 Å². The maximum absolute atomic E-state index is 13.0. The van der Waals surface area contributed by atoms with Gasteiger partial charge in [-0.2, -0.15) is 0 Å². The third kappa shape index (κ3) is 5.77. The van der Waals surface area contributed by atoms with Crippen LogP contribution in [0.5, 0.6) is 0 Å². The number of amides is 2. The van der Waals surface area contributed by atoms with Crippen molar-refractivity contribution in [1.29, 1.82) is 0 Å². The highest BCUT2D eigenvalue weighted by Crippen LogP contribution is 2.17. The van der Waals surface area contributed by atoms with Crippen molar-refractivity contribution >= 4 is 11.8 Å². The summed E-state index contributed by atoms with van der Waals surface area (Å²) in [6.45, 7) is 3.89. The highest BCUT2D eigenvalue weighted by Gasteiger charge is 2.18. The summed E-state index contributed by atoms with van der Waals surface area (Å²) >= 11 is 0. The molecule has 0 aliphatic carbocycles. The summed E-state index contributed by atoms with van der Waals surface area (Å²) in [4.78, 5) is 23.3. The zero-order valence-corrected chi connectivity index (χ0v) is 12.6. The van der Waals surface area contributed by atoms with Gasteiger partial charge in [0.05, 0.1) is 6.54 Å². The van der Waals surface area contributed by atoms with E-state index in [1.54, 1.807) is 0 Å². The van der Waals surface area contributed by atoms with Crippen LogP contribution in [-0.2, 0) is 4.79 Å². The van der Waals surface area contributed by atoms with E-state index < -0.39 is 23.4 Å². The lowest BCUT2D eigenvalue weighted by molar-refractivity contribution is -0.120. The molecule has 0 radical (unpaired) electrons. The molecule has 1 rings (SSSR count). The molecule has 0 spiro atoms. The quantitative estimate of drug-likeness (QED) is 0.708. The van der Waals surface area contributed by atoms with Crippen molar-refractivity contribution in [3.63, 3.8) is 0 Å². The zero-order chi connectivity index (χ0) is 16.8. The van der Waals surface area contributed by atoms with E-state index in [1.807, 2.05) is 13.8 Å². The van der Waals surface area contributed by atoms with Gasteiger partial charge < -0.3 is 15.7 Å². The number of rotatable bonds is 7. The van der Waals surface area contributed by atoms with Gasteiger partial charge in [0, 0.05) is 18.7 Å². The van der Waals surface area contributed by atoms with Gasteiger partial charge in [-0.25, -0.2) is 8.78 Å². The minimum absolute atomic E-state index is 0.0235. The van der Waals surface area contributed by atoms with Crippen LogP contribution in [0.1, 0.15) is 30.6 Å². The SMILES string of the molecule is CC(C)(CCO)CNC(=O)CNC(=O)c1ccc(F)c(F)c1. The minimum Gasteiger partial charge on any atom is -0.396 e. The van der Waals surface area contributed by atoms with E-state index >= 15 is 0 Å². The van der Waals surface area contributed by atoms with E-state index in [4.69, 9.17) is 5.11 Å². The molecule has 1 aromatic rings. The Morgan fingerprint density at radius 1 is 1.18 bits per heavy atom. The minimum atomic E-state index is -1.12. The second-order valence-corrected chi connectivity index (χ2v) is 5.73. The van der Waals surface area contributed by atoms with Crippen molar-refractivity contribution in [1.82, 2.24) is 10.6 Å². The van der Waals surface area contributed by atoms with Crippen LogP contribution in [0.2, 0.25) is 0 Å². The maximum atomic E-state index is 13.0. The number of carbonyl (C=O) groups is 2. The largest absolute Gasteiger partial charge is 0.396 e. The standard InChI is InChI=1S/C15H20F2N2O3/c1-15(2,5-6-20)9-19-13(21)8-18-14(22)10-3-4-11(16)12(17)7-10/h3-4,7,20H,5-6,8-9H2,1-2H3,(H,18,22)(H,19,21). The molecule has 0 aromatic heterocycles. The number of aliphatic hydroxyl groups excluding tert-OH is 1. The fourth-order valence-electron chi connectivity index (χ4n) is 1.69. The van der Waals surface area contributed by atoms with E-state index in [-0.39, 0.29) is 24.1 Å². The Morgan fingerprint density at radius 3 is 2.45 bits per heavy atom. The molecule has 0 saturated heterocycles. The van der Waals surface area contributed by atoms with Gasteiger partial charge in [0.15, 0.2) is 11.6 Å². The smallest absolute Gasteiger partial charge is 0.251 e. The summed E-state index contributed by atoms with van der Waals surface area (Å²) in [5.74, 6) is -3.23. The Balaban J connectivity index is 2.43. The van der Waals surface area contributed by atoms with Crippen molar-refractivity contribution in [2.24, 2.45) is 5.41 Å². The lowest BCUT2D eigenvalue weighted by Gasteiger charge is -2.23. The fourth-order valence-corrected chi connectivity index (χ4v) is 1.69. The van der Waals surface area contributed by atoms with Gasteiger partial charge in [0.1, 0.15) is 0 Å². The predicted octanol–water partition coefficient (Wildman–Crippen LogP) is 1.22. The van der Waals surface area contributed by atoms with Crippen LogP contribution in [0.3, 0.4) is 0 Å².